The lowest BCUT2D eigenvalue weighted by Gasteiger charge is -2.31. The molecule has 1 aliphatic heterocycles. The van der Waals surface area contributed by atoms with Crippen molar-refractivity contribution in [3.63, 3.8) is 0 Å². The Labute approximate surface area is 108 Å². The maximum atomic E-state index is 12.3. The molecule has 1 amide bonds. The highest BCUT2D eigenvalue weighted by molar-refractivity contribution is 5.96. The molecule has 1 heterocycles. The molecular weight excluding hydrogens is 226 g/mol. The van der Waals surface area contributed by atoms with Gasteiger partial charge >= 0.3 is 0 Å². The standard InChI is InChI=1S/C15H21NO2/c1-2-12(8-10-17)11-16-9-7-13-5-3-4-6-14(13)15(16)18/h3-6,12,17H,2,7-11H2,1H3. The largest absolute Gasteiger partial charge is 0.396 e. The summed E-state index contributed by atoms with van der Waals surface area (Å²) in [5, 5.41) is 9.02. The Morgan fingerprint density at radius 1 is 1.39 bits per heavy atom. The zero-order valence-electron chi connectivity index (χ0n) is 10.9. The van der Waals surface area contributed by atoms with Gasteiger partial charge in [-0.2, -0.15) is 0 Å². The molecule has 3 heteroatoms. The van der Waals surface area contributed by atoms with E-state index in [9.17, 15) is 4.79 Å². The van der Waals surface area contributed by atoms with Crippen LogP contribution in [0, 0.1) is 5.92 Å². The second-order valence-electron chi connectivity index (χ2n) is 4.94. The molecule has 0 bridgehead atoms. The lowest BCUT2D eigenvalue weighted by Crippen LogP contribution is -2.40. The second-order valence-corrected chi connectivity index (χ2v) is 4.94. The van der Waals surface area contributed by atoms with Crippen LogP contribution in [-0.4, -0.2) is 35.6 Å². The first kappa shape index (κ1) is 13.1. The molecule has 0 aliphatic carbocycles. The number of amides is 1. The summed E-state index contributed by atoms with van der Waals surface area (Å²) in [6.07, 6.45) is 2.73. The Hall–Kier alpha value is -1.35. The van der Waals surface area contributed by atoms with Crippen LogP contribution in [0.25, 0.3) is 0 Å². The lowest BCUT2D eigenvalue weighted by atomic mass is 9.96. The smallest absolute Gasteiger partial charge is 0.254 e. The van der Waals surface area contributed by atoms with Crippen LogP contribution in [0.2, 0.25) is 0 Å². The highest BCUT2D eigenvalue weighted by Gasteiger charge is 2.25. The number of benzene rings is 1. The topological polar surface area (TPSA) is 40.5 Å². The van der Waals surface area contributed by atoms with Crippen LogP contribution >= 0.6 is 0 Å². The van der Waals surface area contributed by atoms with Gasteiger partial charge in [0.15, 0.2) is 0 Å². The molecule has 98 valence electrons. The highest BCUT2D eigenvalue weighted by Crippen LogP contribution is 2.20. The van der Waals surface area contributed by atoms with Gasteiger partial charge in [0.2, 0.25) is 0 Å². The molecule has 1 aromatic rings. The van der Waals surface area contributed by atoms with Crippen LogP contribution in [0.5, 0.6) is 0 Å². The molecule has 1 unspecified atom stereocenters. The Bertz CT molecular complexity index is 417. The number of fused-ring (bicyclic) bond motifs is 1. The number of aliphatic hydroxyl groups is 1. The molecule has 0 saturated carbocycles. The predicted molar refractivity (Wildman–Crippen MR) is 71.5 cm³/mol. The van der Waals surface area contributed by atoms with Crippen molar-refractivity contribution in [3.8, 4) is 0 Å². The summed E-state index contributed by atoms with van der Waals surface area (Å²) >= 11 is 0. The molecule has 1 aliphatic rings. The molecule has 0 radical (unpaired) electrons. The van der Waals surface area contributed by atoms with Crippen molar-refractivity contribution in [3.05, 3.63) is 35.4 Å². The first-order valence-electron chi connectivity index (χ1n) is 6.74. The summed E-state index contributed by atoms with van der Waals surface area (Å²) in [5.74, 6) is 0.553. The Kier molecular flexibility index (Phi) is 4.37. The van der Waals surface area contributed by atoms with Crippen molar-refractivity contribution in [2.75, 3.05) is 19.7 Å². The van der Waals surface area contributed by atoms with Crippen LogP contribution in [0.15, 0.2) is 24.3 Å². The maximum Gasteiger partial charge on any atom is 0.254 e. The van der Waals surface area contributed by atoms with Crippen molar-refractivity contribution in [1.82, 2.24) is 4.90 Å². The van der Waals surface area contributed by atoms with Gasteiger partial charge in [0, 0.05) is 25.3 Å². The van der Waals surface area contributed by atoms with E-state index in [4.69, 9.17) is 5.11 Å². The average molecular weight is 247 g/mol. The summed E-state index contributed by atoms with van der Waals surface area (Å²) in [5.41, 5.74) is 2.01. The fourth-order valence-electron chi connectivity index (χ4n) is 2.57. The van der Waals surface area contributed by atoms with Crippen molar-refractivity contribution >= 4 is 5.91 Å². The number of rotatable bonds is 5. The first-order valence-corrected chi connectivity index (χ1v) is 6.74. The average Bonchev–Trinajstić information content (AvgIpc) is 2.41. The van der Waals surface area contributed by atoms with Gasteiger partial charge in [-0.05, 0) is 30.4 Å². The number of hydrogen-bond donors (Lipinski definition) is 1. The highest BCUT2D eigenvalue weighted by atomic mass is 16.3. The monoisotopic (exact) mass is 247 g/mol. The Balaban J connectivity index is 2.07. The summed E-state index contributed by atoms with van der Waals surface area (Å²) < 4.78 is 0. The summed E-state index contributed by atoms with van der Waals surface area (Å²) in [6.45, 7) is 3.89. The van der Waals surface area contributed by atoms with Gasteiger partial charge in [0.25, 0.3) is 5.91 Å². The van der Waals surface area contributed by atoms with Gasteiger partial charge < -0.3 is 10.0 Å². The Morgan fingerprint density at radius 2 is 2.17 bits per heavy atom. The van der Waals surface area contributed by atoms with E-state index >= 15 is 0 Å². The fourth-order valence-corrected chi connectivity index (χ4v) is 2.57. The minimum Gasteiger partial charge on any atom is -0.396 e. The molecule has 0 spiro atoms. The minimum atomic E-state index is 0.147. The number of carbonyl (C=O) groups excluding carboxylic acids is 1. The summed E-state index contributed by atoms with van der Waals surface area (Å²) in [7, 11) is 0. The number of aliphatic hydroxyl groups excluding tert-OH is 1. The zero-order valence-corrected chi connectivity index (χ0v) is 10.9. The first-order chi connectivity index (χ1) is 8.76. The van der Waals surface area contributed by atoms with Crippen molar-refractivity contribution in [2.45, 2.75) is 26.2 Å². The van der Waals surface area contributed by atoms with E-state index in [2.05, 4.69) is 6.92 Å². The van der Waals surface area contributed by atoms with E-state index in [0.717, 1.165) is 43.5 Å². The van der Waals surface area contributed by atoms with Gasteiger partial charge in [-0.25, -0.2) is 0 Å². The molecule has 1 atom stereocenters. The minimum absolute atomic E-state index is 0.147. The van der Waals surface area contributed by atoms with Gasteiger partial charge in [-0.3, -0.25) is 4.79 Å². The number of nitrogens with zero attached hydrogens (tertiary/aromatic N) is 1. The molecule has 3 nitrogen and oxygen atoms in total. The molecule has 2 rings (SSSR count). The van der Waals surface area contributed by atoms with Crippen molar-refractivity contribution in [2.24, 2.45) is 5.92 Å². The molecule has 0 aromatic heterocycles. The van der Waals surface area contributed by atoms with E-state index in [1.165, 1.54) is 0 Å². The van der Waals surface area contributed by atoms with E-state index in [-0.39, 0.29) is 12.5 Å². The van der Waals surface area contributed by atoms with Crippen LogP contribution < -0.4 is 0 Å². The van der Waals surface area contributed by atoms with Crippen molar-refractivity contribution in [1.29, 1.82) is 0 Å². The quantitative estimate of drug-likeness (QED) is 0.865. The third-order valence-corrected chi connectivity index (χ3v) is 3.78. The Morgan fingerprint density at radius 3 is 2.89 bits per heavy atom. The van der Waals surface area contributed by atoms with E-state index in [1.54, 1.807) is 0 Å². The normalized spacial score (nSPS) is 16.6. The van der Waals surface area contributed by atoms with Crippen LogP contribution in [0.3, 0.4) is 0 Å². The molecule has 0 saturated heterocycles. The van der Waals surface area contributed by atoms with Gasteiger partial charge in [0.1, 0.15) is 0 Å². The predicted octanol–water partition coefficient (Wildman–Crippen LogP) is 2.09. The number of hydrogen-bond acceptors (Lipinski definition) is 2. The zero-order chi connectivity index (χ0) is 13.0. The van der Waals surface area contributed by atoms with E-state index in [1.807, 2.05) is 29.2 Å². The van der Waals surface area contributed by atoms with Gasteiger partial charge in [0.05, 0.1) is 0 Å². The second kappa shape index (κ2) is 6.01. The summed E-state index contributed by atoms with van der Waals surface area (Å²) in [6, 6.07) is 7.86. The maximum absolute atomic E-state index is 12.3. The SMILES string of the molecule is CCC(CCO)CN1CCc2ccccc2C1=O. The fraction of sp³-hybridized carbons (Fsp3) is 0.533. The lowest BCUT2D eigenvalue weighted by molar-refractivity contribution is 0.0698. The third kappa shape index (κ3) is 2.72. The molecule has 1 N–H and O–H groups in total. The number of carbonyl (C=O) groups is 1. The molecule has 0 fully saturated rings. The van der Waals surface area contributed by atoms with Crippen LogP contribution in [0.4, 0.5) is 0 Å². The van der Waals surface area contributed by atoms with Crippen LogP contribution in [0.1, 0.15) is 35.7 Å². The molecule has 18 heavy (non-hydrogen) atoms. The summed E-state index contributed by atoms with van der Waals surface area (Å²) in [4.78, 5) is 14.3. The van der Waals surface area contributed by atoms with E-state index < -0.39 is 0 Å². The van der Waals surface area contributed by atoms with Gasteiger partial charge in [-0.1, -0.05) is 31.5 Å². The van der Waals surface area contributed by atoms with Gasteiger partial charge in [-0.15, -0.1) is 0 Å². The molecular formula is C15H21NO2. The van der Waals surface area contributed by atoms with Crippen molar-refractivity contribution < 1.29 is 9.90 Å². The van der Waals surface area contributed by atoms with Crippen LogP contribution in [-0.2, 0) is 6.42 Å². The van der Waals surface area contributed by atoms with E-state index in [0.29, 0.717) is 5.92 Å². The third-order valence-electron chi connectivity index (χ3n) is 3.78. The molecule has 1 aromatic carbocycles.